The normalized spacial score (nSPS) is 18.3. The second-order valence-corrected chi connectivity index (χ2v) is 23.6. The molecular formula is C72H79N13O4. The van der Waals surface area contributed by atoms with Crippen molar-refractivity contribution in [2.45, 2.75) is 112 Å². The molecule has 2 aliphatic carbocycles. The number of ketones is 1. The van der Waals surface area contributed by atoms with Gasteiger partial charge in [0.05, 0.1) is 73.4 Å². The summed E-state index contributed by atoms with van der Waals surface area (Å²) >= 11 is 0. The minimum atomic E-state index is -0.827. The number of aromatic nitrogens is 2. The minimum Gasteiger partial charge on any atom is -0.375 e. The Balaban J connectivity index is 0.660. The number of fused-ring (bicyclic) bond motifs is 6. The third kappa shape index (κ3) is 12.6. The predicted octanol–water partition coefficient (Wildman–Crippen LogP) is 11.7. The molecule has 6 heterocycles. The molecule has 11 rings (SSSR count). The highest BCUT2D eigenvalue weighted by molar-refractivity contribution is 6.38. The van der Waals surface area contributed by atoms with Gasteiger partial charge in [-0.25, -0.2) is 20.0 Å². The van der Waals surface area contributed by atoms with E-state index in [1.807, 2.05) is 99.8 Å². The fourth-order valence-corrected chi connectivity index (χ4v) is 13.0. The summed E-state index contributed by atoms with van der Waals surface area (Å²) in [5.74, 6) is -1.17. The molecule has 0 radical (unpaired) electrons. The standard InChI is InChI=1S/C72H79N13O4/c1-10-51-42(5)58-39-60-44(7)53(70(79-60)54-38-66(86)69-45(8)61(80-71(54)69)41-63-52(11-2)43(6)59(77-63)40-62(51)76-58)30-33-67(87)74-34-18-17-22-57(72(73)89)78-68(88)23-19-35-83(9)48-27-24-46(25-28-48)81-82-47-26-31-55-64(36-47)85(49-20-15-14-16-21-49)65-37-50(84(12-3)13-4)29-32-56(65)75-55/h10,14-16,20-21,24-29,31-32,36-37,39-41,44,53,57,81H,1,11-13,17-19,22-23,30,33-35,38H2,2-9H3,(H2,73,89)(H,74,87)(H,78,88)/t44-,53-,57?/m0/s1. The molecule has 0 aromatic heterocycles. The van der Waals surface area contributed by atoms with Crippen molar-refractivity contribution in [1.82, 2.24) is 20.2 Å². The highest BCUT2D eigenvalue weighted by atomic mass is 16.2. The lowest BCUT2D eigenvalue weighted by molar-refractivity contribution is -0.127. The number of nitrogens with one attached hydrogen (secondary N) is 3. The molecular weight excluding hydrogens is 1110 g/mol. The van der Waals surface area contributed by atoms with E-state index < -0.39 is 11.9 Å². The molecule has 3 amide bonds. The van der Waals surface area contributed by atoms with Crippen molar-refractivity contribution in [3.63, 3.8) is 0 Å². The Hall–Kier alpha value is -9.64. The minimum absolute atomic E-state index is 0.0191. The number of allylic oxidation sites excluding steroid dienone is 12. The van der Waals surface area contributed by atoms with Crippen molar-refractivity contribution < 1.29 is 19.2 Å². The summed E-state index contributed by atoms with van der Waals surface area (Å²) in [5.41, 5.74) is 29.4. The van der Waals surface area contributed by atoms with Gasteiger partial charge in [-0.3, -0.25) is 29.6 Å². The number of unbranched alkanes of at least 4 members (excludes halogenated alkanes) is 1. The largest absolute Gasteiger partial charge is 0.375 e. The van der Waals surface area contributed by atoms with Gasteiger partial charge >= 0.3 is 0 Å². The van der Waals surface area contributed by atoms with E-state index in [4.69, 9.17) is 35.8 Å². The number of hydrogen-bond acceptors (Lipinski definition) is 13. The summed E-state index contributed by atoms with van der Waals surface area (Å²) < 4.78 is 2.26. The van der Waals surface area contributed by atoms with E-state index in [0.717, 1.165) is 143 Å². The number of primary amides is 1. The molecule has 8 bridgehead atoms. The molecule has 17 nitrogen and oxygen atoms in total. The Kier molecular flexibility index (Phi) is 18.1. The zero-order valence-electron chi connectivity index (χ0n) is 52.3. The first kappa shape index (κ1) is 61.0. The molecule has 1 fully saturated rings. The summed E-state index contributed by atoms with van der Waals surface area (Å²) in [5, 5.41) is 11.4. The fourth-order valence-electron chi connectivity index (χ4n) is 13.0. The van der Waals surface area contributed by atoms with Crippen LogP contribution >= 0.6 is 0 Å². The van der Waals surface area contributed by atoms with Crippen molar-refractivity contribution in [3.05, 3.63) is 189 Å². The molecule has 17 heteroatoms. The van der Waals surface area contributed by atoms with Crippen molar-refractivity contribution >= 4 is 74.4 Å². The molecule has 0 saturated heterocycles. The Morgan fingerprint density at radius 3 is 2.28 bits per heavy atom. The van der Waals surface area contributed by atoms with Gasteiger partial charge in [0.15, 0.2) is 5.78 Å². The summed E-state index contributed by atoms with van der Waals surface area (Å²) in [6.45, 7) is 21.6. The topological polar surface area (TPSA) is 216 Å². The van der Waals surface area contributed by atoms with Gasteiger partial charge < -0.3 is 30.7 Å². The van der Waals surface area contributed by atoms with Crippen LogP contribution in [0.3, 0.4) is 0 Å². The predicted molar refractivity (Wildman–Crippen MR) is 358 cm³/mol. The Morgan fingerprint density at radius 2 is 1.54 bits per heavy atom. The van der Waals surface area contributed by atoms with E-state index in [9.17, 15) is 19.2 Å². The van der Waals surface area contributed by atoms with Gasteiger partial charge in [0, 0.05) is 104 Å². The number of hydrogen-bond donors (Lipinski definition) is 4. The average molecular weight is 1190 g/mol. The maximum atomic E-state index is 13.9. The average Bonchev–Trinajstić information content (AvgIpc) is 1.79. The van der Waals surface area contributed by atoms with Crippen molar-refractivity contribution in [1.29, 1.82) is 0 Å². The first-order valence-corrected chi connectivity index (χ1v) is 31.3. The van der Waals surface area contributed by atoms with Crippen LogP contribution < -0.4 is 37.0 Å². The molecule has 0 spiro atoms. The third-order valence-corrected chi connectivity index (χ3v) is 18.1. The number of anilines is 3. The summed E-state index contributed by atoms with van der Waals surface area (Å²) in [7, 11) is 1.98. The number of amides is 3. The van der Waals surface area contributed by atoms with E-state index in [2.05, 4.69) is 108 Å². The first-order chi connectivity index (χ1) is 43.0. The van der Waals surface area contributed by atoms with Crippen LogP contribution in [-0.2, 0) is 19.2 Å². The molecule has 3 aromatic rings. The van der Waals surface area contributed by atoms with Crippen LogP contribution in [-0.4, -0.2) is 95.2 Å². The van der Waals surface area contributed by atoms with Gasteiger partial charge in [-0.1, -0.05) is 44.7 Å². The third-order valence-electron chi connectivity index (χ3n) is 18.1. The van der Waals surface area contributed by atoms with E-state index in [-0.39, 0.29) is 48.7 Å². The number of benzene rings is 4. The van der Waals surface area contributed by atoms with E-state index in [1.165, 1.54) is 0 Å². The highest BCUT2D eigenvalue weighted by Crippen LogP contribution is 2.45. The van der Waals surface area contributed by atoms with Gasteiger partial charge in [0.2, 0.25) is 17.7 Å². The second kappa shape index (κ2) is 26.4. The lowest BCUT2D eigenvalue weighted by Gasteiger charge is -2.24. The molecule has 89 heavy (non-hydrogen) atoms. The second-order valence-electron chi connectivity index (χ2n) is 23.6. The van der Waals surface area contributed by atoms with E-state index in [1.54, 1.807) is 0 Å². The van der Waals surface area contributed by atoms with Crippen LogP contribution in [0, 0.1) is 11.8 Å². The van der Waals surface area contributed by atoms with Crippen LogP contribution in [0.15, 0.2) is 209 Å². The number of carbonyl (C=O) groups excluding carboxylic acids is 4. The number of carbonyl (C=O) groups is 4. The zero-order chi connectivity index (χ0) is 62.6. The molecule has 1 unspecified atom stereocenters. The Labute approximate surface area is 520 Å². The van der Waals surface area contributed by atoms with Gasteiger partial charge in [-0.2, -0.15) is 5.10 Å². The first-order valence-electron chi connectivity index (χ1n) is 31.3. The fraction of sp³-hybridized carbons (Fsp3) is 0.333. The van der Waals surface area contributed by atoms with Gasteiger partial charge in [-0.05, 0) is 186 Å². The van der Waals surface area contributed by atoms with E-state index >= 15 is 0 Å². The van der Waals surface area contributed by atoms with Crippen molar-refractivity contribution in [3.8, 4) is 17.1 Å². The number of para-hydroxylation sites is 1. The van der Waals surface area contributed by atoms with E-state index in [0.29, 0.717) is 56.5 Å². The summed E-state index contributed by atoms with van der Waals surface area (Å²) in [6.07, 6.45) is 11.9. The SMILES string of the molecule is C=CC1=C(C)C2=CC3=NC(=C4CC(=O)C5=C(C)C(=CC6=NC(=CC1=N2)C(C)=C6CC)N=C45)[C@@H](CCC(=O)NCCCCC(NC(=O)CCCN(C)c1ccc(NN=c2ccc4nc5ccc(N(CC)CC)cc5n(-c5ccccc5)c-4c2)cc1)C(N)=O)[C@@H]3C. The summed E-state index contributed by atoms with van der Waals surface area (Å²) in [6, 6.07) is 30.0. The molecule has 3 atom stereocenters. The van der Waals surface area contributed by atoms with Gasteiger partial charge in [-0.15, -0.1) is 0 Å². The number of Topliss-reactive ketones (excluding diaryl/α,β-unsaturated/α-hetero) is 1. The quantitative estimate of drug-likeness (QED) is 0.0280. The molecule has 3 aromatic carbocycles. The monoisotopic (exact) mass is 1190 g/mol. The number of rotatable bonds is 23. The summed E-state index contributed by atoms with van der Waals surface area (Å²) in [4.78, 5) is 83.2. The van der Waals surface area contributed by atoms with Crippen LogP contribution in [0.1, 0.15) is 106 Å². The number of nitrogens with zero attached hydrogens (tertiary/aromatic N) is 9. The van der Waals surface area contributed by atoms with Gasteiger partial charge in [0.1, 0.15) is 6.04 Å². The maximum absolute atomic E-state index is 13.9. The lowest BCUT2D eigenvalue weighted by Crippen LogP contribution is -2.44. The molecule has 456 valence electrons. The smallest absolute Gasteiger partial charge is 0.239 e. The zero-order valence-corrected chi connectivity index (χ0v) is 52.3. The Bertz CT molecular complexity index is 4140. The maximum Gasteiger partial charge on any atom is 0.239 e. The van der Waals surface area contributed by atoms with Crippen molar-refractivity contribution in [2.24, 2.45) is 42.6 Å². The van der Waals surface area contributed by atoms with Crippen LogP contribution in [0.25, 0.3) is 28.1 Å². The van der Waals surface area contributed by atoms with Crippen LogP contribution in [0.5, 0.6) is 0 Å². The van der Waals surface area contributed by atoms with Crippen LogP contribution in [0.4, 0.5) is 17.1 Å². The lowest BCUT2D eigenvalue weighted by atomic mass is 9.84. The van der Waals surface area contributed by atoms with Gasteiger partial charge in [0.25, 0.3) is 0 Å². The molecule has 5 N–H and O–H groups in total. The molecule has 8 aliphatic rings. The number of aliphatic imine (C=N–C) groups is 4. The molecule has 1 saturated carbocycles. The number of nitrogens with two attached hydrogens (primary N) is 1. The molecule has 6 aliphatic heterocycles. The highest BCUT2D eigenvalue weighted by Gasteiger charge is 2.42. The Morgan fingerprint density at radius 1 is 0.809 bits per heavy atom. The van der Waals surface area contributed by atoms with Crippen LogP contribution in [0.2, 0.25) is 0 Å². The van der Waals surface area contributed by atoms with Crippen molar-refractivity contribution in [2.75, 3.05) is 48.5 Å².